The molecular formula is C31H36N6. The third kappa shape index (κ3) is 5.87. The molecule has 0 aromatic carbocycles. The van der Waals surface area contributed by atoms with E-state index in [1.165, 1.54) is 5.57 Å². The molecule has 0 atom stereocenters. The summed E-state index contributed by atoms with van der Waals surface area (Å²) in [5, 5.41) is 7.70. The summed E-state index contributed by atoms with van der Waals surface area (Å²) in [6.07, 6.45) is 19.5. The fourth-order valence-electron chi connectivity index (χ4n) is 4.48. The number of hydrogen-bond acceptors (Lipinski definition) is 4. The summed E-state index contributed by atoms with van der Waals surface area (Å²) in [5.74, 6) is 0.689. The van der Waals surface area contributed by atoms with Crippen molar-refractivity contribution < 1.29 is 0 Å². The van der Waals surface area contributed by atoms with Gasteiger partial charge in [-0.2, -0.15) is 5.10 Å². The van der Waals surface area contributed by atoms with Crippen molar-refractivity contribution in [2.75, 3.05) is 20.6 Å². The van der Waals surface area contributed by atoms with Crippen molar-refractivity contribution in [1.82, 2.24) is 30.0 Å². The summed E-state index contributed by atoms with van der Waals surface area (Å²) in [5.41, 5.74) is 9.57. The predicted octanol–water partition coefficient (Wildman–Crippen LogP) is 6.97. The van der Waals surface area contributed by atoms with Crippen molar-refractivity contribution in [2.45, 2.75) is 33.1 Å². The zero-order chi connectivity index (χ0) is 26.4. The number of H-pyrrole nitrogens is 2. The number of hydrogen-bond donors (Lipinski definition) is 2. The first-order valence-electron chi connectivity index (χ1n) is 12.7. The normalized spacial score (nSPS) is 14.6. The minimum atomic E-state index is 0.689. The Morgan fingerprint density at radius 3 is 2.70 bits per heavy atom. The van der Waals surface area contributed by atoms with Crippen LogP contribution in [0.4, 0.5) is 0 Å². The van der Waals surface area contributed by atoms with Gasteiger partial charge in [0.2, 0.25) is 0 Å². The second-order valence-corrected chi connectivity index (χ2v) is 9.41. The first kappa shape index (κ1) is 26.0. The Balaban J connectivity index is 1.69. The topological polar surface area (TPSA) is 73.5 Å². The number of nitrogens with one attached hydrogen (secondary N) is 2. The zero-order valence-electron chi connectivity index (χ0n) is 22.3. The minimum Gasteiger partial charge on any atom is -0.340 e. The molecule has 0 aliphatic heterocycles. The third-order valence-corrected chi connectivity index (χ3v) is 6.42. The van der Waals surface area contributed by atoms with E-state index in [4.69, 9.17) is 9.97 Å². The Kier molecular flexibility index (Phi) is 8.31. The Labute approximate surface area is 219 Å². The van der Waals surface area contributed by atoms with Gasteiger partial charge in [-0.05, 0) is 88.7 Å². The lowest BCUT2D eigenvalue weighted by atomic mass is 10.0. The molecule has 6 nitrogen and oxygen atoms in total. The first-order valence-corrected chi connectivity index (χ1v) is 12.7. The van der Waals surface area contributed by atoms with Crippen molar-refractivity contribution >= 4 is 22.2 Å². The molecule has 0 unspecified atom stereocenters. The van der Waals surface area contributed by atoms with Crippen LogP contribution < -0.4 is 0 Å². The van der Waals surface area contributed by atoms with Gasteiger partial charge in [0, 0.05) is 11.3 Å². The van der Waals surface area contributed by atoms with Crippen molar-refractivity contribution in [3.63, 3.8) is 0 Å². The Morgan fingerprint density at radius 2 is 2.03 bits per heavy atom. The molecule has 6 heteroatoms. The Bertz CT molecular complexity index is 1450. The largest absolute Gasteiger partial charge is 0.340 e. The molecule has 3 aromatic heterocycles. The number of imidazole rings is 1. The lowest BCUT2D eigenvalue weighted by molar-refractivity contribution is 0.400. The van der Waals surface area contributed by atoms with Crippen LogP contribution in [-0.2, 0) is 0 Å². The molecule has 0 saturated heterocycles. The van der Waals surface area contributed by atoms with Gasteiger partial charge in [0.25, 0.3) is 0 Å². The van der Waals surface area contributed by atoms with Gasteiger partial charge in [-0.3, -0.25) is 5.10 Å². The standard InChI is InChI=1S/C31H36N6/c1-7-13-25(24-15-10-11-16-24)28-21(4)32-31(34-28)30-29-27(35-36-30)18-17-26(33-29)23(9-3)20-22(8-2)14-12-19-37(5)6/h7-10,13,15-18,20H,1-2,11-12,14,19H2,3-6H3,(H,32,34)(H,35,36)/b22-20+,23-9+,25-13-. The highest BCUT2D eigenvalue weighted by molar-refractivity contribution is 5.91. The molecule has 4 rings (SSSR count). The smallest absolute Gasteiger partial charge is 0.161 e. The van der Waals surface area contributed by atoms with Gasteiger partial charge in [0.1, 0.15) is 5.52 Å². The molecule has 0 bridgehead atoms. The summed E-state index contributed by atoms with van der Waals surface area (Å²) in [7, 11) is 4.19. The van der Waals surface area contributed by atoms with E-state index in [0.717, 1.165) is 70.6 Å². The van der Waals surface area contributed by atoms with Crippen LogP contribution in [0, 0.1) is 6.92 Å². The molecule has 190 valence electrons. The maximum atomic E-state index is 5.01. The van der Waals surface area contributed by atoms with Crippen molar-refractivity contribution in [3.8, 4) is 11.5 Å². The number of aryl methyl sites for hydroxylation is 1. The Morgan fingerprint density at radius 1 is 1.19 bits per heavy atom. The van der Waals surface area contributed by atoms with Gasteiger partial charge >= 0.3 is 0 Å². The SMILES string of the molecule is C=C/C=C(/C1=CCC=C1)c1nc(-c2n[nH]c3ccc(C(/C=C(\C=C)CCCN(C)C)=C/C)nc23)[nH]c1C. The molecule has 0 amide bonds. The summed E-state index contributed by atoms with van der Waals surface area (Å²) < 4.78 is 0. The first-order chi connectivity index (χ1) is 17.9. The van der Waals surface area contributed by atoms with E-state index in [1.807, 2.05) is 38.1 Å². The van der Waals surface area contributed by atoms with Crippen molar-refractivity contribution in [2.24, 2.45) is 0 Å². The summed E-state index contributed by atoms with van der Waals surface area (Å²) >= 11 is 0. The van der Waals surface area contributed by atoms with Crippen LogP contribution in [0.5, 0.6) is 0 Å². The van der Waals surface area contributed by atoms with Gasteiger partial charge < -0.3 is 9.88 Å². The maximum absolute atomic E-state index is 5.01. The van der Waals surface area contributed by atoms with E-state index in [-0.39, 0.29) is 0 Å². The molecule has 0 fully saturated rings. The molecule has 1 aliphatic rings. The number of fused-ring (bicyclic) bond motifs is 1. The second-order valence-electron chi connectivity index (χ2n) is 9.41. The average molecular weight is 493 g/mol. The lowest BCUT2D eigenvalue weighted by Gasteiger charge is -2.10. The van der Waals surface area contributed by atoms with E-state index in [1.54, 1.807) is 6.08 Å². The molecule has 2 N–H and O–H groups in total. The van der Waals surface area contributed by atoms with Crippen LogP contribution in [0.25, 0.3) is 33.7 Å². The molecule has 0 spiro atoms. The fraction of sp³-hybridized carbons (Fsp3) is 0.258. The summed E-state index contributed by atoms with van der Waals surface area (Å²) in [4.78, 5) is 15.6. The molecule has 3 aromatic rings. The summed E-state index contributed by atoms with van der Waals surface area (Å²) in [6.45, 7) is 13.0. The minimum absolute atomic E-state index is 0.689. The monoisotopic (exact) mass is 492 g/mol. The van der Waals surface area contributed by atoms with Crippen LogP contribution in [0.15, 0.2) is 85.0 Å². The second kappa shape index (κ2) is 11.8. The average Bonchev–Trinajstić information content (AvgIpc) is 3.64. The van der Waals surface area contributed by atoms with Crippen LogP contribution in [0.1, 0.15) is 43.3 Å². The summed E-state index contributed by atoms with van der Waals surface area (Å²) in [6, 6.07) is 4.05. The van der Waals surface area contributed by atoms with Gasteiger partial charge in [-0.1, -0.05) is 55.7 Å². The molecule has 3 heterocycles. The number of nitrogens with zero attached hydrogens (tertiary/aromatic N) is 4. The van der Waals surface area contributed by atoms with Crippen LogP contribution in [0.2, 0.25) is 0 Å². The molecule has 37 heavy (non-hydrogen) atoms. The lowest BCUT2D eigenvalue weighted by Crippen LogP contribution is -2.12. The van der Waals surface area contributed by atoms with E-state index in [9.17, 15) is 0 Å². The highest BCUT2D eigenvalue weighted by atomic mass is 15.2. The van der Waals surface area contributed by atoms with Crippen LogP contribution >= 0.6 is 0 Å². The van der Waals surface area contributed by atoms with Crippen LogP contribution in [0.3, 0.4) is 0 Å². The van der Waals surface area contributed by atoms with Crippen LogP contribution in [-0.4, -0.2) is 50.7 Å². The number of allylic oxidation sites excluding steroid dienone is 12. The van der Waals surface area contributed by atoms with Crippen molar-refractivity contribution in [1.29, 1.82) is 0 Å². The van der Waals surface area contributed by atoms with E-state index >= 15 is 0 Å². The third-order valence-electron chi connectivity index (χ3n) is 6.42. The van der Waals surface area contributed by atoms with Crippen molar-refractivity contribution in [3.05, 3.63) is 102 Å². The quantitative estimate of drug-likeness (QED) is 0.284. The zero-order valence-corrected chi connectivity index (χ0v) is 22.3. The van der Waals surface area contributed by atoms with Gasteiger partial charge in [0.05, 0.1) is 16.9 Å². The molecule has 1 aliphatic carbocycles. The van der Waals surface area contributed by atoms with Gasteiger partial charge in [-0.15, -0.1) is 0 Å². The molecular weight excluding hydrogens is 456 g/mol. The van der Waals surface area contributed by atoms with E-state index in [0.29, 0.717) is 11.5 Å². The number of pyridine rings is 1. The number of rotatable bonds is 11. The maximum Gasteiger partial charge on any atom is 0.161 e. The van der Waals surface area contributed by atoms with E-state index in [2.05, 4.69) is 77.7 Å². The number of aromatic nitrogens is 5. The van der Waals surface area contributed by atoms with Gasteiger partial charge in [-0.25, -0.2) is 9.97 Å². The Hall–Kier alpha value is -4.03. The highest BCUT2D eigenvalue weighted by Gasteiger charge is 2.19. The number of aromatic amines is 2. The fourth-order valence-corrected chi connectivity index (χ4v) is 4.48. The molecule has 0 radical (unpaired) electrons. The molecule has 0 saturated carbocycles. The van der Waals surface area contributed by atoms with E-state index < -0.39 is 0 Å². The predicted molar refractivity (Wildman–Crippen MR) is 156 cm³/mol. The highest BCUT2D eigenvalue weighted by Crippen LogP contribution is 2.32. The van der Waals surface area contributed by atoms with Gasteiger partial charge in [0.15, 0.2) is 11.5 Å².